The minimum Gasteiger partial charge on any atom is -0.496 e. The van der Waals surface area contributed by atoms with Gasteiger partial charge in [0.2, 0.25) is 0 Å². The fourth-order valence-electron chi connectivity index (χ4n) is 3.09. The van der Waals surface area contributed by atoms with Gasteiger partial charge in [0.05, 0.1) is 26.2 Å². The Morgan fingerprint density at radius 2 is 2.00 bits per heavy atom. The van der Waals surface area contributed by atoms with Crippen molar-refractivity contribution in [3.05, 3.63) is 54.1 Å². The van der Waals surface area contributed by atoms with Gasteiger partial charge in [-0.2, -0.15) is 0 Å². The van der Waals surface area contributed by atoms with Crippen LogP contribution in [-0.4, -0.2) is 54.8 Å². The lowest BCUT2D eigenvalue weighted by atomic mass is 10.0. The van der Waals surface area contributed by atoms with E-state index in [0.717, 1.165) is 11.1 Å². The Balaban J connectivity index is 1.84. The Labute approximate surface area is 152 Å². The van der Waals surface area contributed by atoms with E-state index in [2.05, 4.69) is 0 Å². The molecule has 1 atom stereocenters. The van der Waals surface area contributed by atoms with Gasteiger partial charge in [0.1, 0.15) is 5.75 Å². The minimum atomic E-state index is -0.930. The summed E-state index contributed by atoms with van der Waals surface area (Å²) in [5, 5.41) is 8.93. The summed E-state index contributed by atoms with van der Waals surface area (Å²) < 4.78 is 10.9. The maximum Gasteiger partial charge on any atom is 0.306 e. The lowest BCUT2D eigenvalue weighted by Gasteiger charge is -2.32. The van der Waals surface area contributed by atoms with E-state index < -0.39 is 12.1 Å². The van der Waals surface area contributed by atoms with E-state index in [-0.39, 0.29) is 18.9 Å². The van der Waals surface area contributed by atoms with Crippen molar-refractivity contribution in [2.45, 2.75) is 12.5 Å². The zero-order valence-corrected chi connectivity index (χ0v) is 14.6. The molecule has 1 N–H and O–H groups in total. The molecule has 0 saturated carbocycles. The fourth-order valence-corrected chi connectivity index (χ4v) is 3.09. The van der Waals surface area contributed by atoms with Gasteiger partial charge >= 0.3 is 5.97 Å². The van der Waals surface area contributed by atoms with Crippen LogP contribution in [0.15, 0.2) is 48.5 Å². The number of methoxy groups -OCH3 is 1. The number of benzene rings is 2. The van der Waals surface area contributed by atoms with Gasteiger partial charge < -0.3 is 19.5 Å². The first-order valence-electron chi connectivity index (χ1n) is 8.44. The largest absolute Gasteiger partial charge is 0.496 e. The predicted molar refractivity (Wildman–Crippen MR) is 96.3 cm³/mol. The van der Waals surface area contributed by atoms with Crippen molar-refractivity contribution < 1.29 is 24.2 Å². The number of aliphatic carboxylic acids is 1. The molecule has 1 saturated heterocycles. The minimum absolute atomic E-state index is 0.109. The lowest BCUT2D eigenvalue weighted by molar-refractivity contribution is -0.141. The van der Waals surface area contributed by atoms with Gasteiger partial charge in [0.15, 0.2) is 0 Å². The topological polar surface area (TPSA) is 76.1 Å². The Bertz CT molecular complexity index is 790. The van der Waals surface area contributed by atoms with Gasteiger partial charge in [-0.25, -0.2) is 0 Å². The smallest absolute Gasteiger partial charge is 0.306 e. The second-order valence-electron chi connectivity index (χ2n) is 6.12. The van der Waals surface area contributed by atoms with Crippen LogP contribution in [0.1, 0.15) is 16.8 Å². The summed E-state index contributed by atoms with van der Waals surface area (Å²) >= 11 is 0. The highest BCUT2D eigenvalue weighted by atomic mass is 16.5. The number of morpholine rings is 1. The van der Waals surface area contributed by atoms with Crippen molar-refractivity contribution in [1.82, 2.24) is 4.90 Å². The summed E-state index contributed by atoms with van der Waals surface area (Å²) in [7, 11) is 1.60. The summed E-state index contributed by atoms with van der Waals surface area (Å²) in [6, 6.07) is 15.1. The van der Waals surface area contributed by atoms with Crippen LogP contribution in [0.2, 0.25) is 0 Å². The van der Waals surface area contributed by atoms with Crippen molar-refractivity contribution in [2.24, 2.45) is 0 Å². The van der Waals surface area contributed by atoms with Crippen molar-refractivity contribution >= 4 is 11.9 Å². The molecule has 1 aliphatic rings. The molecule has 3 rings (SSSR count). The molecule has 1 aliphatic heterocycles. The maximum absolute atomic E-state index is 12.9. The van der Waals surface area contributed by atoms with E-state index in [4.69, 9.17) is 14.6 Å². The zero-order valence-electron chi connectivity index (χ0n) is 14.6. The van der Waals surface area contributed by atoms with Crippen LogP contribution in [0, 0.1) is 0 Å². The molecule has 1 fully saturated rings. The Kier molecular flexibility index (Phi) is 5.53. The van der Waals surface area contributed by atoms with Crippen molar-refractivity contribution in [1.29, 1.82) is 0 Å². The predicted octanol–water partition coefficient (Wildman–Crippen LogP) is 2.68. The molecule has 136 valence electrons. The number of carboxylic acids is 1. The standard InChI is InChI=1S/C20H21NO5/c1-25-18-8-7-15(11-17(18)14-5-3-2-4-6-14)20(24)21-9-10-26-16(13-21)12-19(22)23/h2-8,11,16H,9-10,12-13H2,1H3,(H,22,23). The van der Waals surface area contributed by atoms with E-state index >= 15 is 0 Å². The van der Waals surface area contributed by atoms with Crippen LogP contribution in [0.5, 0.6) is 5.75 Å². The maximum atomic E-state index is 12.9. The SMILES string of the molecule is COc1ccc(C(=O)N2CCOC(CC(=O)O)C2)cc1-c1ccccc1. The summed E-state index contributed by atoms with van der Waals surface area (Å²) in [6.45, 7) is 1.06. The molecule has 1 heterocycles. The Hall–Kier alpha value is -2.86. The zero-order chi connectivity index (χ0) is 18.5. The second-order valence-corrected chi connectivity index (χ2v) is 6.12. The van der Waals surface area contributed by atoms with E-state index in [0.29, 0.717) is 24.5 Å². The highest BCUT2D eigenvalue weighted by molar-refractivity contribution is 5.96. The third kappa shape index (κ3) is 4.03. The van der Waals surface area contributed by atoms with Crippen LogP contribution < -0.4 is 4.74 Å². The molecule has 1 unspecified atom stereocenters. The molecule has 6 nitrogen and oxygen atoms in total. The van der Waals surface area contributed by atoms with Gasteiger partial charge in [-0.05, 0) is 23.8 Å². The van der Waals surface area contributed by atoms with Crippen molar-refractivity contribution in [3.8, 4) is 16.9 Å². The number of carbonyl (C=O) groups is 2. The van der Waals surface area contributed by atoms with Gasteiger partial charge in [-0.15, -0.1) is 0 Å². The number of rotatable bonds is 5. The molecule has 2 aromatic rings. The number of nitrogens with zero attached hydrogens (tertiary/aromatic N) is 1. The average Bonchev–Trinajstić information content (AvgIpc) is 2.67. The fraction of sp³-hybridized carbons (Fsp3) is 0.300. The molecule has 26 heavy (non-hydrogen) atoms. The normalized spacial score (nSPS) is 17.0. The average molecular weight is 355 g/mol. The highest BCUT2D eigenvalue weighted by Crippen LogP contribution is 2.31. The lowest BCUT2D eigenvalue weighted by Crippen LogP contribution is -2.46. The Morgan fingerprint density at radius 3 is 2.69 bits per heavy atom. The number of carboxylic acid groups (broad SMARTS) is 1. The summed E-state index contributed by atoms with van der Waals surface area (Å²) in [6.07, 6.45) is -0.584. The van der Waals surface area contributed by atoms with Gasteiger partial charge in [-0.1, -0.05) is 30.3 Å². The van der Waals surface area contributed by atoms with Gasteiger partial charge in [0.25, 0.3) is 5.91 Å². The molecule has 0 bridgehead atoms. The van der Waals surface area contributed by atoms with E-state index in [1.165, 1.54) is 0 Å². The van der Waals surface area contributed by atoms with Crippen LogP contribution >= 0.6 is 0 Å². The van der Waals surface area contributed by atoms with Crippen LogP contribution in [0.25, 0.3) is 11.1 Å². The van der Waals surface area contributed by atoms with Crippen molar-refractivity contribution in [3.63, 3.8) is 0 Å². The van der Waals surface area contributed by atoms with E-state index in [1.54, 1.807) is 24.1 Å². The first kappa shape index (κ1) is 17.9. The third-order valence-electron chi connectivity index (χ3n) is 4.36. The molecule has 6 heteroatoms. The monoisotopic (exact) mass is 355 g/mol. The van der Waals surface area contributed by atoms with E-state index in [1.807, 2.05) is 36.4 Å². The molecule has 0 aromatic heterocycles. The Morgan fingerprint density at radius 1 is 1.23 bits per heavy atom. The second kappa shape index (κ2) is 8.01. The molecule has 0 spiro atoms. The molecule has 0 aliphatic carbocycles. The van der Waals surface area contributed by atoms with Crippen molar-refractivity contribution in [2.75, 3.05) is 26.8 Å². The quantitative estimate of drug-likeness (QED) is 0.892. The number of hydrogen-bond acceptors (Lipinski definition) is 4. The summed E-state index contributed by atoms with van der Waals surface area (Å²) in [4.78, 5) is 25.4. The number of hydrogen-bond donors (Lipinski definition) is 1. The van der Waals surface area contributed by atoms with Crippen LogP contribution in [0.3, 0.4) is 0 Å². The van der Waals surface area contributed by atoms with E-state index in [9.17, 15) is 9.59 Å². The third-order valence-corrected chi connectivity index (χ3v) is 4.36. The molecular weight excluding hydrogens is 334 g/mol. The number of ether oxygens (including phenoxy) is 2. The first-order valence-corrected chi connectivity index (χ1v) is 8.44. The molecule has 0 radical (unpaired) electrons. The summed E-state index contributed by atoms with van der Waals surface area (Å²) in [5.74, 6) is -0.373. The molecule has 2 aromatic carbocycles. The number of amides is 1. The van der Waals surface area contributed by atoms with Gasteiger partial charge in [0, 0.05) is 24.2 Å². The molecule has 1 amide bonds. The van der Waals surface area contributed by atoms with Crippen LogP contribution in [0.4, 0.5) is 0 Å². The number of carbonyl (C=O) groups excluding carboxylic acids is 1. The summed E-state index contributed by atoms with van der Waals surface area (Å²) in [5.41, 5.74) is 2.35. The van der Waals surface area contributed by atoms with Gasteiger partial charge in [-0.3, -0.25) is 9.59 Å². The highest BCUT2D eigenvalue weighted by Gasteiger charge is 2.27. The molecular formula is C20H21NO5. The first-order chi connectivity index (χ1) is 12.6. The van der Waals surface area contributed by atoms with Crippen LogP contribution in [-0.2, 0) is 9.53 Å².